The number of rotatable bonds is 4. The van der Waals surface area contributed by atoms with E-state index in [0.717, 1.165) is 31.6 Å². The molecule has 1 aromatic rings. The predicted molar refractivity (Wildman–Crippen MR) is 103 cm³/mol. The molecule has 0 amide bonds. The first-order valence-corrected chi connectivity index (χ1v) is 8.82. The van der Waals surface area contributed by atoms with E-state index in [0.29, 0.717) is 12.6 Å². The van der Waals surface area contributed by atoms with Gasteiger partial charge in [0.25, 0.3) is 0 Å². The first kappa shape index (κ1) is 18.8. The maximum Gasteiger partial charge on any atom is 0.191 e. The molecule has 4 rings (SSSR count). The van der Waals surface area contributed by atoms with Gasteiger partial charge in [0.2, 0.25) is 0 Å². The minimum atomic E-state index is -0.465. The van der Waals surface area contributed by atoms with Gasteiger partial charge in [-0.3, -0.25) is 4.99 Å². The third kappa shape index (κ3) is 3.92. The Morgan fingerprint density at radius 1 is 1.16 bits per heavy atom. The molecule has 1 saturated carbocycles. The summed E-state index contributed by atoms with van der Waals surface area (Å²) in [5, 5.41) is 6.78. The number of benzene rings is 1. The van der Waals surface area contributed by atoms with E-state index in [-0.39, 0.29) is 53.6 Å². The van der Waals surface area contributed by atoms with Crippen LogP contribution in [0.5, 0.6) is 0 Å². The molecule has 0 radical (unpaired) electrons. The van der Waals surface area contributed by atoms with Crippen molar-refractivity contribution >= 4 is 29.9 Å². The lowest BCUT2D eigenvalue weighted by Gasteiger charge is -2.23. The van der Waals surface area contributed by atoms with Crippen LogP contribution < -0.4 is 10.6 Å². The Balaban J connectivity index is 0.00000182. The maximum atomic E-state index is 13.9. The molecule has 2 saturated heterocycles. The maximum absolute atomic E-state index is 13.9. The quantitative estimate of drug-likeness (QED) is 0.409. The Morgan fingerprint density at radius 2 is 1.88 bits per heavy atom. The smallest absolute Gasteiger partial charge is 0.191 e. The Morgan fingerprint density at radius 3 is 2.48 bits per heavy atom. The Hall–Kier alpha value is -0.960. The lowest BCUT2D eigenvalue weighted by atomic mass is 9.96. The Kier molecular flexibility index (Phi) is 5.82. The minimum absolute atomic E-state index is 0. The molecule has 2 bridgehead atoms. The van der Waals surface area contributed by atoms with Gasteiger partial charge in [0.15, 0.2) is 5.96 Å². The van der Waals surface area contributed by atoms with Crippen LogP contribution in [0, 0.1) is 11.6 Å². The lowest BCUT2D eigenvalue weighted by Crippen LogP contribution is -2.48. The number of nitrogens with zero attached hydrogens (tertiary/aromatic N) is 1. The highest BCUT2D eigenvalue weighted by molar-refractivity contribution is 14.0. The normalized spacial score (nSPS) is 33.1. The fourth-order valence-electron chi connectivity index (χ4n) is 3.97. The van der Waals surface area contributed by atoms with Gasteiger partial charge in [0.05, 0.1) is 18.2 Å². The number of nitrogens with one attached hydrogen (secondary N) is 2. The van der Waals surface area contributed by atoms with E-state index >= 15 is 0 Å². The molecule has 1 aromatic carbocycles. The first-order chi connectivity index (χ1) is 11.7. The third-order valence-electron chi connectivity index (χ3n) is 5.23. The van der Waals surface area contributed by atoms with Crippen LogP contribution >= 0.6 is 24.0 Å². The highest BCUT2D eigenvalue weighted by Gasteiger charge is 2.44. The molecule has 2 heterocycles. The molecule has 5 unspecified atom stereocenters. The van der Waals surface area contributed by atoms with Crippen molar-refractivity contribution in [3.05, 3.63) is 35.4 Å². The summed E-state index contributed by atoms with van der Waals surface area (Å²) in [5.74, 6) is -0.338. The standard InChI is InChI=1S/C18H23F2N3O.HI/c1-2-21-18(23-15-8-10-6-7-16(15)24-10)22-14-9-11(14)17-12(19)4-3-5-13(17)20;/h3-5,10-11,14-16H,2,6-9H2,1H3,(H2,21,22,23);1H. The molecule has 4 nitrogen and oxygen atoms in total. The van der Waals surface area contributed by atoms with Crippen LogP contribution in [0.3, 0.4) is 0 Å². The molecular weight excluding hydrogens is 439 g/mol. The average Bonchev–Trinajstić information content (AvgIpc) is 2.97. The average molecular weight is 463 g/mol. The Bertz CT molecular complexity index is 637. The molecule has 0 spiro atoms. The van der Waals surface area contributed by atoms with Crippen LogP contribution in [0.15, 0.2) is 23.2 Å². The van der Waals surface area contributed by atoms with Gasteiger partial charge in [-0.25, -0.2) is 8.78 Å². The van der Waals surface area contributed by atoms with E-state index in [1.165, 1.54) is 18.2 Å². The summed E-state index contributed by atoms with van der Waals surface area (Å²) in [6.45, 7) is 2.63. The van der Waals surface area contributed by atoms with Crippen molar-refractivity contribution < 1.29 is 13.5 Å². The monoisotopic (exact) mass is 463 g/mol. The van der Waals surface area contributed by atoms with Gasteiger partial charge in [-0.15, -0.1) is 24.0 Å². The summed E-state index contributed by atoms with van der Waals surface area (Å²) in [4.78, 5) is 4.48. The lowest BCUT2D eigenvalue weighted by molar-refractivity contribution is 0.0992. The molecular formula is C18H24F2IN3O. The zero-order chi connectivity index (χ0) is 16.7. The fraction of sp³-hybridized carbons (Fsp3) is 0.611. The van der Waals surface area contributed by atoms with Gasteiger partial charge < -0.3 is 15.4 Å². The Labute approximate surface area is 163 Å². The summed E-state index contributed by atoms with van der Waals surface area (Å²) in [7, 11) is 0. The van der Waals surface area contributed by atoms with Crippen molar-refractivity contribution in [3.63, 3.8) is 0 Å². The SMILES string of the molecule is CCN=C(NC1CC2CCC1O2)NC1CC1c1c(F)cccc1F.I. The van der Waals surface area contributed by atoms with E-state index in [4.69, 9.17) is 4.74 Å². The summed E-state index contributed by atoms with van der Waals surface area (Å²) in [5.41, 5.74) is 0.189. The van der Waals surface area contributed by atoms with Gasteiger partial charge >= 0.3 is 0 Å². The van der Waals surface area contributed by atoms with Crippen molar-refractivity contribution in [1.82, 2.24) is 10.6 Å². The van der Waals surface area contributed by atoms with Crippen molar-refractivity contribution in [1.29, 1.82) is 0 Å². The fourth-order valence-corrected chi connectivity index (χ4v) is 3.97. The van der Waals surface area contributed by atoms with Crippen molar-refractivity contribution in [2.45, 2.75) is 62.8 Å². The van der Waals surface area contributed by atoms with Gasteiger partial charge in [-0.2, -0.15) is 0 Å². The number of halogens is 3. The number of aliphatic imine (C=N–C) groups is 1. The summed E-state index contributed by atoms with van der Waals surface area (Å²) < 4.78 is 33.7. The topological polar surface area (TPSA) is 45.7 Å². The number of hydrogen-bond donors (Lipinski definition) is 2. The van der Waals surface area contributed by atoms with Crippen LogP contribution in [0.4, 0.5) is 8.78 Å². The molecule has 1 aliphatic carbocycles. The van der Waals surface area contributed by atoms with Gasteiger partial charge in [-0.1, -0.05) is 6.07 Å². The molecule has 2 aliphatic heterocycles. The van der Waals surface area contributed by atoms with Crippen LogP contribution in [0.25, 0.3) is 0 Å². The number of hydrogen-bond acceptors (Lipinski definition) is 2. The molecule has 3 aliphatic rings. The molecule has 2 N–H and O–H groups in total. The van der Waals surface area contributed by atoms with E-state index < -0.39 is 11.6 Å². The van der Waals surface area contributed by atoms with Crippen LogP contribution in [0.2, 0.25) is 0 Å². The van der Waals surface area contributed by atoms with Crippen molar-refractivity contribution in [3.8, 4) is 0 Å². The van der Waals surface area contributed by atoms with Gasteiger partial charge in [-0.05, 0) is 44.7 Å². The number of guanidine groups is 1. The molecule has 5 atom stereocenters. The molecule has 25 heavy (non-hydrogen) atoms. The molecule has 7 heteroatoms. The van der Waals surface area contributed by atoms with Crippen molar-refractivity contribution in [2.24, 2.45) is 4.99 Å². The van der Waals surface area contributed by atoms with Crippen LogP contribution in [-0.4, -0.2) is 36.8 Å². The second kappa shape index (κ2) is 7.73. The molecule has 138 valence electrons. The molecule has 0 aromatic heterocycles. The number of ether oxygens (including phenoxy) is 1. The van der Waals surface area contributed by atoms with Crippen molar-refractivity contribution in [2.75, 3.05) is 6.54 Å². The molecule has 3 fully saturated rings. The van der Waals surface area contributed by atoms with E-state index in [2.05, 4.69) is 15.6 Å². The highest BCUT2D eigenvalue weighted by Crippen LogP contribution is 2.43. The predicted octanol–water partition coefficient (Wildman–Crippen LogP) is 3.31. The second-order valence-corrected chi connectivity index (χ2v) is 6.91. The van der Waals surface area contributed by atoms with Gasteiger partial charge in [0.1, 0.15) is 11.6 Å². The summed E-state index contributed by atoms with van der Waals surface area (Å²) in [6, 6.07) is 4.34. The van der Waals surface area contributed by atoms with Crippen LogP contribution in [-0.2, 0) is 4.74 Å². The van der Waals surface area contributed by atoms with E-state index in [1.54, 1.807) is 0 Å². The van der Waals surface area contributed by atoms with Crippen LogP contribution in [0.1, 0.15) is 44.1 Å². The first-order valence-electron chi connectivity index (χ1n) is 8.82. The summed E-state index contributed by atoms with van der Waals surface area (Å²) >= 11 is 0. The second-order valence-electron chi connectivity index (χ2n) is 6.91. The van der Waals surface area contributed by atoms with Gasteiger partial charge in [0, 0.05) is 24.1 Å². The zero-order valence-electron chi connectivity index (χ0n) is 14.2. The van der Waals surface area contributed by atoms with E-state index in [1.807, 2.05) is 6.92 Å². The van der Waals surface area contributed by atoms with E-state index in [9.17, 15) is 8.78 Å². The number of fused-ring (bicyclic) bond motifs is 2. The largest absolute Gasteiger partial charge is 0.373 e. The minimum Gasteiger partial charge on any atom is -0.373 e. The summed E-state index contributed by atoms with van der Waals surface area (Å²) in [6.07, 6.45) is 4.59. The zero-order valence-corrected chi connectivity index (χ0v) is 16.5. The highest BCUT2D eigenvalue weighted by atomic mass is 127. The third-order valence-corrected chi connectivity index (χ3v) is 5.23.